The van der Waals surface area contributed by atoms with Crippen molar-refractivity contribution in [3.05, 3.63) is 17.6 Å². The molecule has 0 aromatic carbocycles. The second-order valence-corrected chi connectivity index (χ2v) is 7.19. The van der Waals surface area contributed by atoms with Crippen LogP contribution in [0.5, 0.6) is 0 Å². The number of rotatable bonds is 5. The molecule has 118 valence electrons. The predicted molar refractivity (Wildman–Crippen MR) is 75.8 cm³/mol. The van der Waals surface area contributed by atoms with Crippen molar-refractivity contribution in [1.29, 1.82) is 0 Å². The fourth-order valence-corrected chi connectivity index (χ4v) is 3.88. The topological polar surface area (TPSA) is 99.8 Å². The van der Waals surface area contributed by atoms with Crippen LogP contribution in [0.25, 0.3) is 0 Å². The number of nitrogens with one attached hydrogen (secondary N) is 1. The van der Waals surface area contributed by atoms with Gasteiger partial charge in [-0.1, -0.05) is 0 Å². The number of carboxylic acid groups (broad SMARTS) is 1. The average Bonchev–Trinajstić information content (AvgIpc) is 2.80. The van der Waals surface area contributed by atoms with Gasteiger partial charge >= 0.3 is 5.97 Å². The van der Waals surface area contributed by atoms with Gasteiger partial charge in [0.15, 0.2) is 0 Å². The van der Waals surface area contributed by atoms with Gasteiger partial charge in [0.25, 0.3) is 0 Å². The molecule has 1 aromatic heterocycles. The molecule has 0 radical (unpaired) electrons. The number of nitrogens with zero attached hydrogens (tertiary/aromatic N) is 1. The van der Waals surface area contributed by atoms with E-state index in [1.165, 1.54) is 6.92 Å². The van der Waals surface area contributed by atoms with Crippen LogP contribution in [0.4, 0.5) is 0 Å². The zero-order valence-electron chi connectivity index (χ0n) is 12.1. The van der Waals surface area contributed by atoms with E-state index in [1.807, 2.05) is 7.05 Å². The predicted octanol–water partition coefficient (Wildman–Crippen LogP) is 0.906. The Morgan fingerprint density at radius 1 is 1.57 bits per heavy atom. The Morgan fingerprint density at radius 2 is 2.29 bits per heavy atom. The summed E-state index contributed by atoms with van der Waals surface area (Å²) in [4.78, 5) is 12.9. The zero-order chi connectivity index (χ0) is 15.6. The fourth-order valence-electron chi connectivity index (χ4n) is 2.58. The maximum atomic E-state index is 12.2. The number of likely N-dealkylation sites (tertiary alicyclic amines) is 1. The number of aryl methyl sites for hydroxylation is 1. The van der Waals surface area contributed by atoms with Crippen LogP contribution in [-0.2, 0) is 10.0 Å². The van der Waals surface area contributed by atoms with Crippen molar-refractivity contribution >= 4 is 16.0 Å². The largest absolute Gasteiger partial charge is 0.475 e. The van der Waals surface area contributed by atoms with E-state index in [4.69, 9.17) is 9.52 Å². The molecule has 0 bridgehead atoms. The molecule has 8 heteroatoms. The molecule has 0 amide bonds. The van der Waals surface area contributed by atoms with Gasteiger partial charge in [0.1, 0.15) is 10.7 Å². The SMILES string of the molecule is Cc1oc(C(=O)O)cc1S(=O)(=O)NCC1CCCN(C)C1. The van der Waals surface area contributed by atoms with Crippen LogP contribution >= 0.6 is 0 Å². The minimum atomic E-state index is -3.75. The van der Waals surface area contributed by atoms with E-state index in [1.54, 1.807) is 0 Å². The Bertz CT molecular complexity index is 623. The third-order valence-corrected chi connectivity index (χ3v) is 5.19. The average molecular weight is 316 g/mol. The van der Waals surface area contributed by atoms with Crippen LogP contribution in [-0.4, -0.2) is 51.1 Å². The molecule has 1 saturated heterocycles. The monoisotopic (exact) mass is 316 g/mol. The third-order valence-electron chi connectivity index (χ3n) is 3.66. The van der Waals surface area contributed by atoms with Gasteiger partial charge in [-0.2, -0.15) is 0 Å². The Kier molecular flexibility index (Phi) is 4.70. The van der Waals surface area contributed by atoms with Crippen molar-refractivity contribution in [3.8, 4) is 0 Å². The van der Waals surface area contributed by atoms with Crippen molar-refractivity contribution in [2.24, 2.45) is 5.92 Å². The molecule has 2 heterocycles. The second-order valence-electron chi connectivity index (χ2n) is 5.46. The van der Waals surface area contributed by atoms with Crippen LogP contribution in [0.1, 0.15) is 29.2 Å². The molecule has 2 rings (SSSR count). The molecule has 1 aromatic rings. The number of aromatic carboxylic acids is 1. The van der Waals surface area contributed by atoms with E-state index in [0.29, 0.717) is 6.54 Å². The highest BCUT2D eigenvalue weighted by molar-refractivity contribution is 7.89. The Balaban J connectivity index is 2.06. The second kappa shape index (κ2) is 6.17. The molecule has 0 aliphatic carbocycles. The van der Waals surface area contributed by atoms with Crippen LogP contribution in [0.3, 0.4) is 0 Å². The molecule has 1 unspecified atom stereocenters. The number of hydrogen-bond donors (Lipinski definition) is 2. The fraction of sp³-hybridized carbons (Fsp3) is 0.615. The van der Waals surface area contributed by atoms with Crippen molar-refractivity contribution in [2.45, 2.75) is 24.7 Å². The first-order valence-corrected chi connectivity index (χ1v) is 8.30. The standard InChI is InChI=1S/C13H20N2O5S/c1-9-12(6-11(20-9)13(16)17)21(18,19)14-7-10-4-3-5-15(2)8-10/h6,10,14H,3-5,7-8H2,1-2H3,(H,16,17). The molecule has 1 atom stereocenters. The van der Waals surface area contributed by atoms with Crippen molar-refractivity contribution in [3.63, 3.8) is 0 Å². The first kappa shape index (κ1) is 16.0. The zero-order valence-corrected chi connectivity index (χ0v) is 12.9. The number of sulfonamides is 1. The van der Waals surface area contributed by atoms with Gasteiger partial charge in [-0.15, -0.1) is 0 Å². The molecule has 7 nitrogen and oxygen atoms in total. The Morgan fingerprint density at radius 3 is 2.86 bits per heavy atom. The minimum absolute atomic E-state index is 0.0839. The highest BCUT2D eigenvalue weighted by atomic mass is 32.2. The van der Waals surface area contributed by atoms with Gasteiger partial charge in [0.2, 0.25) is 15.8 Å². The summed E-state index contributed by atoms with van der Waals surface area (Å²) in [5, 5.41) is 8.84. The number of carboxylic acids is 1. The molecule has 2 N–H and O–H groups in total. The lowest BCUT2D eigenvalue weighted by atomic mass is 9.99. The van der Waals surface area contributed by atoms with Crippen molar-refractivity contribution in [1.82, 2.24) is 9.62 Å². The van der Waals surface area contributed by atoms with Gasteiger partial charge in [0.05, 0.1) is 0 Å². The summed E-state index contributed by atoms with van der Waals surface area (Å²) in [5.74, 6) is -1.30. The van der Waals surface area contributed by atoms with Gasteiger partial charge in [-0.25, -0.2) is 17.9 Å². The number of hydrogen-bond acceptors (Lipinski definition) is 5. The molecular formula is C13H20N2O5S. The highest BCUT2D eigenvalue weighted by Crippen LogP contribution is 2.21. The summed E-state index contributed by atoms with van der Waals surface area (Å²) < 4.78 is 32.0. The van der Waals surface area contributed by atoms with Crippen molar-refractivity contribution in [2.75, 3.05) is 26.7 Å². The lowest BCUT2D eigenvalue weighted by Crippen LogP contribution is -2.39. The van der Waals surface area contributed by atoms with E-state index < -0.39 is 16.0 Å². The molecule has 1 aliphatic heterocycles. The number of piperidine rings is 1. The maximum Gasteiger partial charge on any atom is 0.371 e. The number of furan rings is 1. The van der Waals surface area contributed by atoms with Gasteiger partial charge < -0.3 is 14.4 Å². The molecule has 1 fully saturated rings. The van der Waals surface area contributed by atoms with Crippen LogP contribution in [0, 0.1) is 12.8 Å². The number of carbonyl (C=O) groups is 1. The van der Waals surface area contributed by atoms with Crippen LogP contribution < -0.4 is 4.72 Å². The van der Waals surface area contributed by atoms with Crippen molar-refractivity contribution < 1.29 is 22.7 Å². The smallest absolute Gasteiger partial charge is 0.371 e. The molecular weight excluding hydrogens is 296 g/mol. The van der Waals surface area contributed by atoms with Crippen LogP contribution in [0.2, 0.25) is 0 Å². The summed E-state index contributed by atoms with van der Waals surface area (Å²) in [6, 6.07) is 1.05. The lowest BCUT2D eigenvalue weighted by molar-refractivity contribution is 0.0661. The van der Waals surface area contributed by atoms with E-state index >= 15 is 0 Å². The Hall–Kier alpha value is -1.38. The summed E-state index contributed by atoms with van der Waals surface area (Å²) in [6.07, 6.45) is 2.04. The molecule has 21 heavy (non-hydrogen) atoms. The highest BCUT2D eigenvalue weighted by Gasteiger charge is 2.25. The first-order valence-electron chi connectivity index (χ1n) is 6.81. The summed E-state index contributed by atoms with van der Waals surface area (Å²) in [6.45, 7) is 3.68. The van der Waals surface area contributed by atoms with E-state index in [-0.39, 0.29) is 22.3 Å². The lowest BCUT2D eigenvalue weighted by Gasteiger charge is -2.29. The third kappa shape index (κ3) is 3.84. The van der Waals surface area contributed by atoms with Gasteiger partial charge in [0, 0.05) is 19.2 Å². The summed E-state index contributed by atoms with van der Waals surface area (Å²) in [5.41, 5.74) is 0. The van der Waals surface area contributed by atoms with E-state index in [0.717, 1.165) is 32.0 Å². The van der Waals surface area contributed by atoms with Crippen LogP contribution in [0.15, 0.2) is 15.4 Å². The molecule has 1 aliphatic rings. The maximum absolute atomic E-state index is 12.2. The van der Waals surface area contributed by atoms with E-state index in [2.05, 4.69) is 9.62 Å². The van der Waals surface area contributed by atoms with Gasteiger partial charge in [-0.3, -0.25) is 0 Å². The first-order chi connectivity index (χ1) is 9.79. The minimum Gasteiger partial charge on any atom is -0.475 e. The summed E-state index contributed by atoms with van der Waals surface area (Å²) in [7, 11) is -1.73. The van der Waals surface area contributed by atoms with E-state index in [9.17, 15) is 13.2 Å². The normalized spacial score (nSPS) is 20.6. The molecule has 0 spiro atoms. The summed E-state index contributed by atoms with van der Waals surface area (Å²) >= 11 is 0. The Labute approximate surface area is 124 Å². The molecule has 0 saturated carbocycles. The van der Waals surface area contributed by atoms with Gasteiger partial charge in [-0.05, 0) is 39.3 Å². The quantitative estimate of drug-likeness (QED) is 0.837.